The van der Waals surface area contributed by atoms with Crippen LogP contribution in [0.2, 0.25) is 0 Å². The number of halogens is 3. The summed E-state index contributed by atoms with van der Waals surface area (Å²) in [7, 11) is 0. The van der Waals surface area contributed by atoms with E-state index in [2.05, 4.69) is 356 Å². The van der Waals surface area contributed by atoms with Crippen LogP contribution in [0.15, 0.2) is 389 Å². The summed E-state index contributed by atoms with van der Waals surface area (Å²) in [6.07, 6.45) is 5.63. The van der Waals surface area contributed by atoms with Crippen LogP contribution in [0.25, 0.3) is 144 Å². The zero-order chi connectivity index (χ0) is 85.0. The Kier molecular flexibility index (Phi) is 17.3. The summed E-state index contributed by atoms with van der Waals surface area (Å²) in [6.45, 7) is 14.0. The first-order valence-corrected chi connectivity index (χ1v) is 42.9. The van der Waals surface area contributed by atoms with Crippen molar-refractivity contribution in [2.75, 3.05) is 9.80 Å². The monoisotopic (exact) mass is 1630 g/mol. The molecule has 0 fully saturated rings. The molecule has 0 bridgehead atoms. The van der Waals surface area contributed by atoms with E-state index in [0.29, 0.717) is 11.4 Å². The average Bonchev–Trinajstić information content (AvgIpc) is 1.57. The predicted octanol–water partition coefficient (Wildman–Crippen LogP) is 29.9. The average molecular weight is 1630 g/mol. The maximum Gasteiger partial charge on any atom is 0.196 e. The lowest BCUT2D eigenvalue weighted by molar-refractivity contribution is 0.448. The molecule has 0 unspecified atom stereocenters. The third-order valence-corrected chi connectivity index (χ3v) is 26.6. The van der Waals surface area contributed by atoms with E-state index < -0.39 is 17.5 Å². The van der Waals surface area contributed by atoms with Gasteiger partial charge in [0.1, 0.15) is 0 Å². The van der Waals surface area contributed by atoms with E-state index in [9.17, 15) is 8.78 Å². The minimum absolute atomic E-state index is 0.0822. The minimum atomic E-state index is -1.50. The van der Waals surface area contributed by atoms with E-state index in [1.165, 1.54) is 122 Å². The van der Waals surface area contributed by atoms with Gasteiger partial charge in [-0.2, -0.15) is 0 Å². The van der Waals surface area contributed by atoms with Crippen molar-refractivity contribution in [3.8, 4) is 56.1 Å². The van der Waals surface area contributed by atoms with Gasteiger partial charge in [0.2, 0.25) is 0 Å². The number of hydrogen-bond donors (Lipinski definition) is 0. The number of anilines is 6. The fraction of sp³-hybridized carbons (Fsp3) is 0.0789. The number of rotatable bonds is 10. The molecule has 0 N–H and O–H groups in total. The first-order chi connectivity index (χ1) is 61.6. The van der Waals surface area contributed by atoms with Crippen LogP contribution in [0.4, 0.5) is 47.3 Å². The number of nitrogens with zero attached hydrogens (tertiary/aromatic N) is 9. The van der Waals surface area contributed by atoms with Crippen molar-refractivity contribution in [1.82, 2.24) is 33.2 Å². The molecule has 604 valence electrons. The van der Waals surface area contributed by atoms with Gasteiger partial charge in [-0.05, 0) is 255 Å². The van der Waals surface area contributed by atoms with Crippen LogP contribution in [-0.2, 0) is 16.2 Å². The number of benzene rings is 15. The summed E-state index contributed by atoms with van der Waals surface area (Å²) < 4.78 is 53.0. The first kappa shape index (κ1) is 75.3. The van der Waals surface area contributed by atoms with Crippen LogP contribution in [0.3, 0.4) is 0 Å². The van der Waals surface area contributed by atoms with Gasteiger partial charge in [0.15, 0.2) is 17.5 Å². The van der Waals surface area contributed by atoms with Gasteiger partial charge >= 0.3 is 0 Å². The molecule has 12 heteroatoms. The van der Waals surface area contributed by atoms with Gasteiger partial charge in [0.25, 0.3) is 0 Å². The summed E-state index contributed by atoms with van der Waals surface area (Å²) in [6, 6.07) is 128. The Labute approximate surface area is 726 Å². The number of fused-ring (bicyclic) bond motifs is 24. The van der Waals surface area contributed by atoms with Crippen molar-refractivity contribution in [1.29, 1.82) is 0 Å². The molecule has 0 spiro atoms. The highest BCUT2D eigenvalue weighted by atomic mass is 19.2. The fourth-order valence-electron chi connectivity index (χ4n) is 21.1. The predicted molar refractivity (Wildman–Crippen MR) is 512 cm³/mol. The highest BCUT2D eigenvalue weighted by molar-refractivity contribution is 6.16. The van der Waals surface area contributed by atoms with Gasteiger partial charge in [0.05, 0.1) is 66.4 Å². The van der Waals surface area contributed by atoms with Crippen molar-refractivity contribution in [2.24, 2.45) is 0 Å². The minimum Gasteiger partial charge on any atom is -0.311 e. The van der Waals surface area contributed by atoms with Gasteiger partial charge in [-0.15, -0.1) is 0 Å². The molecular weight excluding hydrogens is 1550 g/mol. The molecule has 0 amide bonds. The molecule has 7 heterocycles. The van der Waals surface area contributed by atoms with E-state index in [4.69, 9.17) is 15.0 Å². The fourth-order valence-corrected chi connectivity index (χ4v) is 21.1. The molecule has 0 aliphatic heterocycles. The highest BCUT2D eigenvalue weighted by Crippen LogP contribution is 2.57. The summed E-state index contributed by atoms with van der Waals surface area (Å²) in [5.74, 6) is -3.98. The Hall–Kier alpha value is -15.7. The Balaban J connectivity index is 0.000000109. The Morgan fingerprint density at radius 1 is 0.238 bits per heavy atom. The van der Waals surface area contributed by atoms with Crippen molar-refractivity contribution in [3.63, 3.8) is 0 Å². The lowest BCUT2D eigenvalue weighted by Gasteiger charge is -2.26. The molecule has 9 nitrogen and oxygen atoms in total. The summed E-state index contributed by atoms with van der Waals surface area (Å²) in [4.78, 5) is 18.5. The van der Waals surface area contributed by atoms with Gasteiger partial charge in [-0.3, -0.25) is 15.0 Å². The second kappa shape index (κ2) is 29.0. The molecule has 3 aliphatic carbocycles. The van der Waals surface area contributed by atoms with E-state index in [0.717, 1.165) is 84.2 Å². The third-order valence-electron chi connectivity index (χ3n) is 26.6. The highest BCUT2D eigenvalue weighted by Gasteiger charge is 2.42. The summed E-state index contributed by atoms with van der Waals surface area (Å²) >= 11 is 0. The van der Waals surface area contributed by atoms with E-state index in [1.54, 1.807) is 17.0 Å². The molecule has 15 aromatic carbocycles. The maximum absolute atomic E-state index is 15.2. The summed E-state index contributed by atoms with van der Waals surface area (Å²) in [5.41, 5.74) is 36.4. The number of aromatic nitrogens is 7. The quantitative estimate of drug-likeness (QED) is 0.128. The van der Waals surface area contributed by atoms with Gasteiger partial charge in [-0.25, -0.2) is 13.2 Å². The lowest BCUT2D eigenvalue weighted by atomic mass is 9.81. The standard InChI is InChI=1S/C38H26F3N3.C38H27N3.C38H29N3/c1-38(2)29-12-7-6-11-26(29)27-18-19-28-36-32(13-8-22-42-36)44(37(28)33(27)38)25-16-14-24(15-17-25)43(23-9-4-3-5-10-23)31-21-20-30(39)34(40)35(31)41;1-38(2)31-15-8-6-13-26(31)28-19-20-29-36-34(17-10-22-39-36)41(37(29)35(28)38)25-18-21-33-30(23-25)27-14-7-9-16-32(27)40(33)24-11-4-3-5-12-24;1-38(2)33-17-10-9-16-30(33)31-23-24-32-36-34(18-11-25-39-36)41(37(32)35(31)38)29-21-19-28(20-22-29)40(26-12-5-3-6-13-26)27-14-7-4-8-15-27/h3-22H,1-2H3;3-23H,1-2H3;3-25H,1-2H3. The molecule has 3 aliphatic rings. The normalized spacial score (nSPS) is 13.5. The van der Waals surface area contributed by atoms with Crippen LogP contribution in [0.5, 0.6) is 0 Å². The smallest absolute Gasteiger partial charge is 0.196 e. The van der Waals surface area contributed by atoms with E-state index in [1.807, 2.05) is 73.2 Å². The van der Waals surface area contributed by atoms with Crippen LogP contribution >= 0.6 is 0 Å². The second-order valence-electron chi connectivity index (χ2n) is 34.6. The van der Waals surface area contributed by atoms with Crippen molar-refractivity contribution in [2.45, 2.75) is 57.8 Å². The molecule has 0 saturated carbocycles. The van der Waals surface area contributed by atoms with Crippen molar-refractivity contribution >= 4 is 122 Å². The lowest BCUT2D eigenvalue weighted by Crippen LogP contribution is -2.16. The second-order valence-corrected chi connectivity index (χ2v) is 34.6. The topological polar surface area (TPSA) is 64.9 Å². The van der Waals surface area contributed by atoms with Crippen LogP contribution in [0.1, 0.15) is 74.9 Å². The zero-order valence-corrected chi connectivity index (χ0v) is 70.1. The van der Waals surface area contributed by atoms with Crippen LogP contribution in [-0.4, -0.2) is 33.2 Å². The van der Waals surface area contributed by atoms with E-state index >= 15 is 4.39 Å². The molecule has 0 saturated heterocycles. The molecular formula is C114H82F3N9. The molecule has 0 radical (unpaired) electrons. The first-order valence-electron chi connectivity index (χ1n) is 42.9. The molecule has 0 atom stereocenters. The van der Waals surface area contributed by atoms with Gasteiger partial charge in [0, 0.05) is 113 Å². The number of pyridine rings is 3. The Bertz CT molecular complexity index is 8110. The van der Waals surface area contributed by atoms with Crippen molar-refractivity contribution in [3.05, 3.63) is 439 Å². The Morgan fingerprint density at radius 3 is 1.01 bits per heavy atom. The Morgan fingerprint density at radius 2 is 0.571 bits per heavy atom. The number of para-hydroxylation sites is 5. The maximum atomic E-state index is 15.2. The molecule has 22 aromatic rings. The molecule has 126 heavy (non-hydrogen) atoms. The zero-order valence-electron chi connectivity index (χ0n) is 70.1. The van der Waals surface area contributed by atoms with Crippen LogP contribution < -0.4 is 9.80 Å². The molecule has 25 rings (SSSR count). The third kappa shape index (κ3) is 11.4. The SMILES string of the molecule is CC1(C)c2ccccc2-c2ccc3c4ncccc4n(-c4ccc(N(c5ccccc5)c5ccc(F)c(F)c5F)cc4)c3c21.CC1(C)c2ccccc2-c2ccc3c4ncccc4n(-c4ccc(N(c5ccccc5)c5ccccc5)cc4)c3c21.CC1(C)c2ccccc2-c2ccc3c4ncccc4n(-c4ccc5c(c4)c4ccccc4n5-c4ccccc4)c3c21. The molecule has 7 aromatic heterocycles. The largest absolute Gasteiger partial charge is 0.311 e. The van der Waals surface area contributed by atoms with Crippen molar-refractivity contribution < 1.29 is 13.2 Å². The van der Waals surface area contributed by atoms with Gasteiger partial charge in [-0.1, -0.05) is 224 Å². The van der Waals surface area contributed by atoms with Gasteiger partial charge < -0.3 is 28.1 Å². The number of hydrogen-bond acceptors (Lipinski definition) is 5. The summed E-state index contributed by atoms with van der Waals surface area (Å²) in [5, 5.41) is 5.96. The van der Waals surface area contributed by atoms with Crippen LogP contribution in [0, 0.1) is 17.5 Å². The van der Waals surface area contributed by atoms with E-state index in [-0.39, 0.29) is 21.9 Å².